The van der Waals surface area contributed by atoms with Gasteiger partial charge >= 0.3 is 0 Å². The van der Waals surface area contributed by atoms with E-state index >= 15 is 0 Å². The molecule has 23 heavy (non-hydrogen) atoms. The Hall–Kier alpha value is -2.26. The number of carbonyl (C=O) groups excluding carboxylic acids is 1. The molecule has 0 aromatic heterocycles. The van der Waals surface area contributed by atoms with Crippen molar-refractivity contribution in [2.24, 2.45) is 0 Å². The van der Waals surface area contributed by atoms with E-state index in [4.69, 9.17) is 16.3 Å². The van der Waals surface area contributed by atoms with Crippen LogP contribution in [0, 0.1) is 6.92 Å². The molecule has 0 saturated heterocycles. The van der Waals surface area contributed by atoms with Gasteiger partial charge in [-0.15, -0.1) is 0 Å². The second kappa shape index (κ2) is 6.88. The second-order valence-corrected chi connectivity index (χ2v) is 6.06. The fourth-order valence-corrected chi connectivity index (χ4v) is 2.77. The zero-order valence-corrected chi connectivity index (χ0v) is 13.6. The number of hydrogen-bond acceptors (Lipinski definition) is 2. The fourth-order valence-electron chi connectivity index (χ4n) is 2.58. The Morgan fingerprint density at radius 3 is 2.83 bits per heavy atom. The molecule has 1 amide bonds. The highest BCUT2D eigenvalue weighted by molar-refractivity contribution is 6.30. The molecule has 1 aliphatic rings. The van der Waals surface area contributed by atoms with Gasteiger partial charge in [-0.2, -0.15) is 0 Å². The summed E-state index contributed by atoms with van der Waals surface area (Å²) < 4.78 is 5.60. The Bertz CT molecular complexity index is 738. The highest BCUT2D eigenvalue weighted by Crippen LogP contribution is 2.33. The molecule has 0 radical (unpaired) electrons. The van der Waals surface area contributed by atoms with E-state index in [1.54, 1.807) is 12.1 Å². The number of ether oxygens (including phenoxy) is 1. The van der Waals surface area contributed by atoms with Crippen LogP contribution in [0.1, 0.15) is 29.2 Å². The molecule has 3 rings (SSSR count). The molecule has 0 aliphatic carbocycles. The molecule has 0 spiro atoms. The molecule has 1 N–H and O–H groups in total. The van der Waals surface area contributed by atoms with Crippen LogP contribution in [0.3, 0.4) is 0 Å². The maximum absolute atomic E-state index is 12.2. The van der Waals surface area contributed by atoms with Crippen molar-refractivity contribution < 1.29 is 9.53 Å². The SMILES string of the molecule is Cc1ccc(/C=C/C(=O)NC2CCOc3ccc(Cl)cc32)cc1. The number of rotatable bonds is 3. The number of carbonyl (C=O) groups is 1. The minimum Gasteiger partial charge on any atom is -0.493 e. The van der Waals surface area contributed by atoms with Crippen molar-refractivity contribution in [2.45, 2.75) is 19.4 Å². The van der Waals surface area contributed by atoms with Gasteiger partial charge in [-0.05, 0) is 36.8 Å². The molecular weight excluding hydrogens is 310 g/mol. The van der Waals surface area contributed by atoms with Crippen molar-refractivity contribution in [3.63, 3.8) is 0 Å². The summed E-state index contributed by atoms with van der Waals surface area (Å²) in [5.41, 5.74) is 3.13. The lowest BCUT2D eigenvalue weighted by Gasteiger charge is -2.26. The predicted molar refractivity (Wildman–Crippen MR) is 92.7 cm³/mol. The third-order valence-corrected chi connectivity index (χ3v) is 4.07. The van der Waals surface area contributed by atoms with Gasteiger partial charge in [0.2, 0.25) is 5.91 Å². The van der Waals surface area contributed by atoms with Crippen molar-refractivity contribution in [1.29, 1.82) is 0 Å². The Morgan fingerprint density at radius 1 is 1.26 bits per heavy atom. The molecule has 2 aromatic rings. The van der Waals surface area contributed by atoms with E-state index in [0.717, 1.165) is 23.3 Å². The highest BCUT2D eigenvalue weighted by atomic mass is 35.5. The number of hydrogen-bond donors (Lipinski definition) is 1. The quantitative estimate of drug-likeness (QED) is 0.853. The standard InChI is InChI=1S/C19H18ClNO2/c1-13-2-4-14(5-3-13)6-9-19(22)21-17-10-11-23-18-8-7-15(20)12-16(17)18/h2-9,12,17H,10-11H2,1H3,(H,21,22)/b9-6+. The Balaban J connectivity index is 1.69. The van der Waals surface area contributed by atoms with E-state index in [0.29, 0.717) is 11.6 Å². The van der Waals surface area contributed by atoms with Gasteiger partial charge in [0.1, 0.15) is 5.75 Å². The van der Waals surface area contributed by atoms with Crippen molar-refractivity contribution >= 4 is 23.6 Å². The van der Waals surface area contributed by atoms with Crippen molar-refractivity contribution in [2.75, 3.05) is 6.61 Å². The minimum absolute atomic E-state index is 0.0763. The average Bonchev–Trinajstić information content (AvgIpc) is 2.55. The lowest BCUT2D eigenvalue weighted by molar-refractivity contribution is -0.117. The monoisotopic (exact) mass is 327 g/mol. The zero-order valence-electron chi connectivity index (χ0n) is 12.9. The summed E-state index contributed by atoms with van der Waals surface area (Å²) in [6.45, 7) is 2.62. The molecule has 2 aromatic carbocycles. The van der Waals surface area contributed by atoms with Gasteiger partial charge in [0.05, 0.1) is 12.6 Å². The molecule has 0 saturated carbocycles. The van der Waals surface area contributed by atoms with E-state index in [-0.39, 0.29) is 11.9 Å². The van der Waals surface area contributed by atoms with E-state index in [2.05, 4.69) is 5.32 Å². The lowest BCUT2D eigenvalue weighted by Crippen LogP contribution is -2.30. The van der Waals surface area contributed by atoms with Gasteiger partial charge in [-0.1, -0.05) is 41.4 Å². The van der Waals surface area contributed by atoms with Crippen LogP contribution < -0.4 is 10.1 Å². The maximum atomic E-state index is 12.2. The highest BCUT2D eigenvalue weighted by Gasteiger charge is 2.22. The summed E-state index contributed by atoms with van der Waals surface area (Å²) in [4.78, 5) is 12.2. The summed E-state index contributed by atoms with van der Waals surface area (Å²) in [7, 11) is 0. The van der Waals surface area contributed by atoms with Crippen LogP contribution in [-0.2, 0) is 4.79 Å². The summed E-state index contributed by atoms with van der Waals surface area (Å²) in [5.74, 6) is 0.664. The number of fused-ring (bicyclic) bond motifs is 1. The molecule has 3 nitrogen and oxygen atoms in total. The first-order valence-electron chi connectivity index (χ1n) is 7.59. The summed E-state index contributed by atoms with van der Waals surface area (Å²) >= 11 is 6.05. The Morgan fingerprint density at radius 2 is 2.04 bits per heavy atom. The average molecular weight is 328 g/mol. The van der Waals surface area contributed by atoms with E-state index < -0.39 is 0 Å². The van der Waals surface area contributed by atoms with Gasteiger partial charge in [0.15, 0.2) is 0 Å². The fraction of sp³-hybridized carbons (Fsp3) is 0.211. The van der Waals surface area contributed by atoms with Crippen LogP contribution in [0.15, 0.2) is 48.5 Å². The molecule has 1 atom stereocenters. The predicted octanol–water partition coefficient (Wildman–Crippen LogP) is 4.30. The number of benzene rings is 2. The molecule has 1 aliphatic heterocycles. The number of amides is 1. The van der Waals surface area contributed by atoms with Crippen LogP contribution in [0.2, 0.25) is 5.02 Å². The second-order valence-electron chi connectivity index (χ2n) is 5.62. The zero-order chi connectivity index (χ0) is 16.2. The Kier molecular flexibility index (Phi) is 4.68. The number of nitrogens with one attached hydrogen (secondary N) is 1. The maximum Gasteiger partial charge on any atom is 0.244 e. The Labute approximate surface area is 140 Å². The van der Waals surface area contributed by atoms with Crippen LogP contribution >= 0.6 is 11.6 Å². The van der Waals surface area contributed by atoms with E-state index in [1.807, 2.05) is 49.4 Å². The minimum atomic E-state index is -0.122. The van der Waals surface area contributed by atoms with Gasteiger partial charge in [0.25, 0.3) is 0 Å². The molecule has 0 fully saturated rings. The third kappa shape index (κ3) is 3.93. The molecule has 1 unspecified atom stereocenters. The van der Waals surface area contributed by atoms with Crippen molar-refractivity contribution in [3.05, 3.63) is 70.3 Å². The van der Waals surface area contributed by atoms with Crippen LogP contribution in [0.25, 0.3) is 6.08 Å². The molecule has 4 heteroatoms. The first-order chi connectivity index (χ1) is 11.1. The van der Waals surface area contributed by atoms with Gasteiger partial charge in [0, 0.05) is 23.1 Å². The normalized spacial score (nSPS) is 16.7. The van der Waals surface area contributed by atoms with Gasteiger partial charge in [-0.3, -0.25) is 4.79 Å². The summed E-state index contributed by atoms with van der Waals surface area (Å²) in [6.07, 6.45) is 4.11. The van der Waals surface area contributed by atoms with Crippen molar-refractivity contribution in [3.8, 4) is 5.75 Å². The molecule has 0 bridgehead atoms. The van der Waals surface area contributed by atoms with E-state index in [1.165, 1.54) is 5.56 Å². The van der Waals surface area contributed by atoms with Gasteiger partial charge in [-0.25, -0.2) is 0 Å². The lowest BCUT2D eigenvalue weighted by atomic mass is 10.0. The van der Waals surface area contributed by atoms with Crippen LogP contribution in [-0.4, -0.2) is 12.5 Å². The first-order valence-corrected chi connectivity index (χ1v) is 7.97. The smallest absolute Gasteiger partial charge is 0.244 e. The molecular formula is C19H18ClNO2. The topological polar surface area (TPSA) is 38.3 Å². The molecule has 118 valence electrons. The summed E-state index contributed by atoms with van der Waals surface area (Å²) in [6, 6.07) is 13.4. The van der Waals surface area contributed by atoms with Gasteiger partial charge < -0.3 is 10.1 Å². The first kappa shape index (κ1) is 15.6. The van der Waals surface area contributed by atoms with Crippen LogP contribution in [0.5, 0.6) is 5.75 Å². The number of halogens is 1. The number of aryl methyl sites for hydroxylation is 1. The van der Waals surface area contributed by atoms with Crippen LogP contribution in [0.4, 0.5) is 0 Å². The van der Waals surface area contributed by atoms with E-state index in [9.17, 15) is 4.79 Å². The van der Waals surface area contributed by atoms with Crippen molar-refractivity contribution in [1.82, 2.24) is 5.32 Å². The molecule has 1 heterocycles. The third-order valence-electron chi connectivity index (χ3n) is 3.83. The summed E-state index contributed by atoms with van der Waals surface area (Å²) in [5, 5.41) is 3.66. The largest absolute Gasteiger partial charge is 0.493 e.